The maximum Gasteiger partial charge on any atom is 0.0252 e. The fourth-order valence-corrected chi connectivity index (χ4v) is 1.80. The summed E-state index contributed by atoms with van der Waals surface area (Å²) in [6, 6.07) is 1.53. The largest absolute Gasteiger partial charge is 0.307 e. The molecule has 2 atom stereocenters. The van der Waals surface area contributed by atoms with E-state index in [0.29, 0.717) is 0 Å². The number of rotatable bonds is 0. The van der Waals surface area contributed by atoms with Crippen LogP contribution in [0.1, 0.15) is 25.7 Å². The summed E-state index contributed by atoms with van der Waals surface area (Å²) in [7, 11) is 0. The Morgan fingerprint density at radius 3 is 2.90 bits per heavy atom. The molecular weight excluding hydrogens is 146 g/mol. The molecule has 2 bridgehead atoms. The average Bonchev–Trinajstić information content (AvgIpc) is 1.88. The van der Waals surface area contributed by atoms with Crippen molar-refractivity contribution in [2.75, 3.05) is 0 Å². The van der Waals surface area contributed by atoms with E-state index in [2.05, 4.69) is 17.5 Å². The van der Waals surface area contributed by atoms with E-state index in [-0.39, 0.29) is 12.4 Å². The highest BCUT2D eigenvalue weighted by atomic mass is 35.5. The minimum absolute atomic E-state index is 0. The van der Waals surface area contributed by atoms with Crippen LogP contribution in [0.3, 0.4) is 0 Å². The van der Waals surface area contributed by atoms with Gasteiger partial charge in [0.15, 0.2) is 0 Å². The van der Waals surface area contributed by atoms with Gasteiger partial charge in [-0.1, -0.05) is 18.6 Å². The van der Waals surface area contributed by atoms with E-state index in [1.165, 1.54) is 25.7 Å². The van der Waals surface area contributed by atoms with Gasteiger partial charge in [-0.25, -0.2) is 0 Å². The van der Waals surface area contributed by atoms with Crippen LogP contribution in [0, 0.1) is 0 Å². The lowest BCUT2D eigenvalue weighted by atomic mass is 9.92. The predicted octanol–water partition coefficient (Wildman–Crippen LogP) is 1.88. The lowest BCUT2D eigenvalue weighted by Gasteiger charge is -2.31. The molecule has 1 saturated heterocycles. The summed E-state index contributed by atoms with van der Waals surface area (Å²) in [5.41, 5.74) is 0. The van der Waals surface area contributed by atoms with Crippen molar-refractivity contribution < 1.29 is 0 Å². The van der Waals surface area contributed by atoms with Gasteiger partial charge in [-0.05, 0) is 19.3 Å². The fraction of sp³-hybridized carbons (Fsp3) is 0.750. The van der Waals surface area contributed by atoms with Gasteiger partial charge in [0.2, 0.25) is 0 Å². The molecule has 0 aromatic rings. The predicted molar refractivity (Wildman–Crippen MR) is 45.6 cm³/mol. The Labute approximate surface area is 68.3 Å². The standard InChI is InChI=1S/C8H13N.ClH/c1-3-7-5-2-6-8(4-1)9-7;/h1,3,7-9H,2,4-6H2;1H/t7-,8+;/m0./s1. The molecule has 0 aromatic carbocycles. The molecule has 2 aliphatic heterocycles. The van der Waals surface area contributed by atoms with Crippen LogP contribution < -0.4 is 5.32 Å². The zero-order valence-corrected chi connectivity index (χ0v) is 6.86. The molecule has 58 valence electrons. The zero-order chi connectivity index (χ0) is 6.10. The molecule has 0 saturated carbocycles. The first kappa shape index (κ1) is 8.09. The molecule has 10 heavy (non-hydrogen) atoms. The van der Waals surface area contributed by atoms with Gasteiger partial charge in [-0.15, -0.1) is 12.4 Å². The van der Waals surface area contributed by atoms with E-state index in [9.17, 15) is 0 Å². The number of halogens is 1. The maximum atomic E-state index is 3.57. The molecule has 1 nitrogen and oxygen atoms in total. The van der Waals surface area contributed by atoms with Crippen LogP contribution in [-0.2, 0) is 0 Å². The monoisotopic (exact) mass is 159 g/mol. The van der Waals surface area contributed by atoms with Crippen molar-refractivity contribution in [3.8, 4) is 0 Å². The molecule has 2 heterocycles. The Kier molecular flexibility index (Phi) is 2.75. The quantitative estimate of drug-likeness (QED) is 0.533. The highest BCUT2D eigenvalue weighted by Crippen LogP contribution is 2.19. The molecule has 0 amide bonds. The van der Waals surface area contributed by atoms with Gasteiger partial charge in [0.1, 0.15) is 0 Å². The average molecular weight is 160 g/mol. The third kappa shape index (κ3) is 1.53. The summed E-state index contributed by atoms with van der Waals surface area (Å²) in [5, 5.41) is 3.57. The van der Waals surface area contributed by atoms with Crippen LogP contribution >= 0.6 is 12.4 Å². The summed E-state index contributed by atoms with van der Waals surface area (Å²) in [5.74, 6) is 0. The Morgan fingerprint density at radius 1 is 1.30 bits per heavy atom. The van der Waals surface area contributed by atoms with Crippen molar-refractivity contribution in [1.29, 1.82) is 0 Å². The molecule has 0 aromatic heterocycles. The van der Waals surface area contributed by atoms with Gasteiger partial charge in [0.05, 0.1) is 0 Å². The van der Waals surface area contributed by atoms with Crippen LogP contribution in [0.4, 0.5) is 0 Å². The van der Waals surface area contributed by atoms with Crippen LogP contribution in [0.2, 0.25) is 0 Å². The summed E-state index contributed by atoms with van der Waals surface area (Å²) in [6.45, 7) is 0. The molecule has 0 spiro atoms. The zero-order valence-electron chi connectivity index (χ0n) is 6.05. The van der Waals surface area contributed by atoms with E-state index in [0.717, 1.165) is 12.1 Å². The second-order valence-electron chi connectivity index (χ2n) is 3.06. The highest BCUT2D eigenvalue weighted by Gasteiger charge is 2.20. The van der Waals surface area contributed by atoms with Crippen LogP contribution in [0.25, 0.3) is 0 Å². The third-order valence-electron chi connectivity index (χ3n) is 2.31. The van der Waals surface area contributed by atoms with Gasteiger partial charge in [0.25, 0.3) is 0 Å². The van der Waals surface area contributed by atoms with Crippen LogP contribution in [0.15, 0.2) is 12.2 Å². The number of nitrogens with one attached hydrogen (secondary N) is 1. The van der Waals surface area contributed by atoms with E-state index in [1.807, 2.05) is 0 Å². The summed E-state index contributed by atoms with van der Waals surface area (Å²) in [4.78, 5) is 0. The minimum atomic E-state index is 0. The summed E-state index contributed by atoms with van der Waals surface area (Å²) < 4.78 is 0. The van der Waals surface area contributed by atoms with Crippen LogP contribution in [-0.4, -0.2) is 12.1 Å². The van der Waals surface area contributed by atoms with Crippen molar-refractivity contribution >= 4 is 12.4 Å². The smallest absolute Gasteiger partial charge is 0.0252 e. The lowest BCUT2D eigenvalue weighted by molar-refractivity contribution is 0.343. The van der Waals surface area contributed by atoms with Crippen molar-refractivity contribution in [1.82, 2.24) is 5.32 Å². The molecule has 2 heteroatoms. The highest BCUT2D eigenvalue weighted by molar-refractivity contribution is 5.85. The number of hydrogen-bond acceptors (Lipinski definition) is 1. The minimum Gasteiger partial charge on any atom is -0.307 e. The van der Waals surface area contributed by atoms with Gasteiger partial charge in [0, 0.05) is 12.1 Å². The normalized spacial score (nSPS) is 36.8. The molecular formula is C8H14ClN. The topological polar surface area (TPSA) is 12.0 Å². The SMILES string of the molecule is C1=C[C@H]2CCC[C@@H](C1)N2.Cl. The summed E-state index contributed by atoms with van der Waals surface area (Å²) >= 11 is 0. The van der Waals surface area contributed by atoms with Gasteiger partial charge in [-0.3, -0.25) is 0 Å². The van der Waals surface area contributed by atoms with E-state index in [1.54, 1.807) is 0 Å². The Morgan fingerprint density at radius 2 is 2.20 bits per heavy atom. The second-order valence-corrected chi connectivity index (χ2v) is 3.06. The van der Waals surface area contributed by atoms with Gasteiger partial charge < -0.3 is 5.32 Å². The Balaban J connectivity index is 0.000000500. The Bertz CT molecular complexity index is 133. The van der Waals surface area contributed by atoms with Crippen molar-refractivity contribution in [3.05, 3.63) is 12.2 Å². The fourth-order valence-electron chi connectivity index (χ4n) is 1.80. The van der Waals surface area contributed by atoms with Crippen LogP contribution in [0.5, 0.6) is 0 Å². The maximum absolute atomic E-state index is 3.57. The molecule has 0 aliphatic carbocycles. The second kappa shape index (κ2) is 3.40. The number of piperidine rings is 1. The van der Waals surface area contributed by atoms with Crippen molar-refractivity contribution in [3.63, 3.8) is 0 Å². The van der Waals surface area contributed by atoms with E-state index in [4.69, 9.17) is 0 Å². The Hall–Kier alpha value is -0.0100. The number of fused-ring (bicyclic) bond motifs is 2. The number of hydrogen-bond donors (Lipinski definition) is 1. The first-order valence-electron chi connectivity index (χ1n) is 3.88. The molecule has 0 unspecified atom stereocenters. The van der Waals surface area contributed by atoms with Gasteiger partial charge in [-0.2, -0.15) is 0 Å². The first-order chi connectivity index (χ1) is 4.45. The molecule has 2 aliphatic rings. The molecule has 0 radical (unpaired) electrons. The molecule has 1 N–H and O–H groups in total. The van der Waals surface area contributed by atoms with E-state index >= 15 is 0 Å². The third-order valence-corrected chi connectivity index (χ3v) is 2.31. The van der Waals surface area contributed by atoms with Gasteiger partial charge >= 0.3 is 0 Å². The lowest BCUT2D eigenvalue weighted by Crippen LogP contribution is -2.43. The van der Waals surface area contributed by atoms with E-state index < -0.39 is 0 Å². The van der Waals surface area contributed by atoms with Crippen molar-refractivity contribution in [2.24, 2.45) is 0 Å². The van der Waals surface area contributed by atoms with Crippen molar-refractivity contribution in [2.45, 2.75) is 37.8 Å². The molecule has 1 fully saturated rings. The summed E-state index contributed by atoms with van der Waals surface area (Å²) in [6.07, 6.45) is 10.1. The molecule has 2 rings (SSSR count). The first-order valence-corrected chi connectivity index (χ1v) is 3.88.